The van der Waals surface area contributed by atoms with Crippen LogP contribution in [0.25, 0.3) is 11.4 Å². The van der Waals surface area contributed by atoms with E-state index in [0.29, 0.717) is 18.7 Å². The summed E-state index contributed by atoms with van der Waals surface area (Å²) in [4.78, 5) is 25.2. The van der Waals surface area contributed by atoms with Crippen LogP contribution < -0.4 is 5.32 Å². The van der Waals surface area contributed by atoms with E-state index in [1.54, 1.807) is 4.90 Å². The Balaban J connectivity index is 1.83. The van der Waals surface area contributed by atoms with Crippen molar-refractivity contribution in [2.75, 3.05) is 25.0 Å². The highest BCUT2D eigenvalue weighted by Crippen LogP contribution is 2.30. The number of aromatic nitrogens is 3. The van der Waals surface area contributed by atoms with Crippen LogP contribution in [0.5, 0.6) is 0 Å². The normalized spacial score (nSPS) is 14.6. The Morgan fingerprint density at radius 2 is 1.84 bits per heavy atom. The standard InChI is InChI=1S/C16H16F3N5O/c17-16(18,19)12-9-13(21-10-14(25)24-7-1-2-8-24)23-15(22-12)11-3-5-20-6-4-11/h3-6,9H,1-2,7-8,10H2,(H,21,22,23). The summed E-state index contributed by atoms with van der Waals surface area (Å²) in [5.74, 6) is -0.273. The fraction of sp³-hybridized carbons (Fsp3) is 0.375. The summed E-state index contributed by atoms with van der Waals surface area (Å²) in [7, 11) is 0. The van der Waals surface area contributed by atoms with Crippen molar-refractivity contribution in [3.63, 3.8) is 0 Å². The summed E-state index contributed by atoms with van der Waals surface area (Å²) >= 11 is 0. The second-order valence-electron chi connectivity index (χ2n) is 5.64. The van der Waals surface area contributed by atoms with E-state index in [4.69, 9.17) is 0 Å². The summed E-state index contributed by atoms with van der Waals surface area (Å²) in [5.41, 5.74) is -0.652. The molecular weight excluding hydrogens is 335 g/mol. The number of hydrogen-bond donors (Lipinski definition) is 1. The highest BCUT2D eigenvalue weighted by atomic mass is 19.4. The van der Waals surface area contributed by atoms with E-state index in [1.165, 1.54) is 24.5 Å². The minimum Gasteiger partial charge on any atom is -0.361 e. The number of anilines is 1. The Morgan fingerprint density at radius 3 is 2.48 bits per heavy atom. The molecule has 0 aromatic carbocycles. The first-order valence-electron chi connectivity index (χ1n) is 7.82. The van der Waals surface area contributed by atoms with Gasteiger partial charge in [0.15, 0.2) is 11.5 Å². The van der Waals surface area contributed by atoms with Gasteiger partial charge < -0.3 is 10.2 Å². The molecule has 1 fully saturated rings. The Morgan fingerprint density at radius 1 is 1.16 bits per heavy atom. The largest absolute Gasteiger partial charge is 0.433 e. The third kappa shape index (κ3) is 4.23. The molecule has 0 radical (unpaired) electrons. The SMILES string of the molecule is O=C(CNc1cc(C(F)(F)F)nc(-c2ccncc2)n1)N1CCCC1. The van der Waals surface area contributed by atoms with Crippen LogP contribution in [0.2, 0.25) is 0 Å². The number of hydrogen-bond acceptors (Lipinski definition) is 5. The highest BCUT2D eigenvalue weighted by Gasteiger charge is 2.34. The van der Waals surface area contributed by atoms with E-state index in [0.717, 1.165) is 18.9 Å². The van der Waals surface area contributed by atoms with Gasteiger partial charge in [0.1, 0.15) is 5.82 Å². The van der Waals surface area contributed by atoms with Crippen molar-refractivity contribution in [1.82, 2.24) is 19.9 Å². The molecule has 25 heavy (non-hydrogen) atoms. The minimum absolute atomic E-state index is 0.0401. The lowest BCUT2D eigenvalue weighted by atomic mass is 10.2. The highest BCUT2D eigenvalue weighted by molar-refractivity contribution is 5.80. The van der Waals surface area contributed by atoms with Crippen molar-refractivity contribution in [2.24, 2.45) is 0 Å². The summed E-state index contributed by atoms with van der Waals surface area (Å²) in [6, 6.07) is 3.85. The predicted octanol–water partition coefficient (Wildman–Crippen LogP) is 2.59. The first-order chi connectivity index (χ1) is 11.9. The molecule has 6 nitrogen and oxygen atoms in total. The number of rotatable bonds is 4. The molecule has 2 aromatic heterocycles. The number of carbonyl (C=O) groups excluding carboxylic acids is 1. The lowest BCUT2D eigenvalue weighted by molar-refractivity contribution is -0.141. The van der Waals surface area contributed by atoms with Gasteiger partial charge in [-0.3, -0.25) is 9.78 Å². The van der Waals surface area contributed by atoms with E-state index in [1.807, 2.05) is 0 Å². The number of likely N-dealkylation sites (tertiary alicyclic amines) is 1. The number of pyridine rings is 1. The molecule has 0 spiro atoms. The van der Waals surface area contributed by atoms with Crippen LogP contribution in [0.1, 0.15) is 18.5 Å². The lowest BCUT2D eigenvalue weighted by Crippen LogP contribution is -2.33. The zero-order valence-corrected chi connectivity index (χ0v) is 13.3. The predicted molar refractivity (Wildman–Crippen MR) is 84.6 cm³/mol. The van der Waals surface area contributed by atoms with E-state index in [-0.39, 0.29) is 24.1 Å². The van der Waals surface area contributed by atoms with Gasteiger partial charge in [0.2, 0.25) is 5.91 Å². The molecule has 132 valence electrons. The average Bonchev–Trinajstić information content (AvgIpc) is 3.14. The molecule has 3 heterocycles. The molecular formula is C16H16F3N5O. The number of nitrogens with one attached hydrogen (secondary N) is 1. The van der Waals surface area contributed by atoms with Crippen molar-refractivity contribution < 1.29 is 18.0 Å². The topological polar surface area (TPSA) is 71.0 Å². The van der Waals surface area contributed by atoms with Gasteiger partial charge >= 0.3 is 6.18 Å². The van der Waals surface area contributed by atoms with Crippen LogP contribution in [0.15, 0.2) is 30.6 Å². The third-order valence-electron chi connectivity index (χ3n) is 3.83. The molecule has 0 bridgehead atoms. The Hall–Kier alpha value is -2.71. The molecule has 2 aromatic rings. The first-order valence-corrected chi connectivity index (χ1v) is 7.82. The van der Waals surface area contributed by atoms with Gasteiger partial charge in [-0.25, -0.2) is 9.97 Å². The monoisotopic (exact) mass is 351 g/mol. The summed E-state index contributed by atoms with van der Waals surface area (Å²) in [6.45, 7) is 1.25. The zero-order valence-electron chi connectivity index (χ0n) is 13.3. The lowest BCUT2D eigenvalue weighted by Gasteiger charge is -2.16. The second kappa shape index (κ2) is 7.04. The van der Waals surface area contributed by atoms with Gasteiger partial charge in [-0.15, -0.1) is 0 Å². The molecule has 0 aliphatic carbocycles. The maximum atomic E-state index is 13.1. The Bertz CT molecular complexity index is 745. The van der Waals surface area contributed by atoms with E-state index < -0.39 is 11.9 Å². The number of amides is 1. The van der Waals surface area contributed by atoms with Gasteiger partial charge in [0.05, 0.1) is 6.54 Å². The molecule has 0 atom stereocenters. The zero-order chi connectivity index (χ0) is 17.9. The van der Waals surface area contributed by atoms with E-state index in [2.05, 4.69) is 20.3 Å². The van der Waals surface area contributed by atoms with Crippen LogP contribution in [0.4, 0.5) is 19.0 Å². The van der Waals surface area contributed by atoms with Crippen LogP contribution in [0.3, 0.4) is 0 Å². The van der Waals surface area contributed by atoms with Gasteiger partial charge in [-0.2, -0.15) is 13.2 Å². The molecule has 1 amide bonds. The van der Waals surface area contributed by atoms with Crippen LogP contribution >= 0.6 is 0 Å². The molecule has 1 aliphatic heterocycles. The Kier molecular flexibility index (Phi) is 4.82. The molecule has 0 saturated carbocycles. The third-order valence-corrected chi connectivity index (χ3v) is 3.83. The van der Waals surface area contributed by atoms with Gasteiger partial charge in [0, 0.05) is 37.1 Å². The molecule has 3 rings (SSSR count). The summed E-state index contributed by atoms with van der Waals surface area (Å²) < 4.78 is 39.3. The van der Waals surface area contributed by atoms with Crippen molar-refractivity contribution >= 4 is 11.7 Å². The van der Waals surface area contributed by atoms with E-state index in [9.17, 15) is 18.0 Å². The van der Waals surface area contributed by atoms with Crippen LogP contribution in [-0.4, -0.2) is 45.4 Å². The number of carbonyl (C=O) groups is 1. The number of alkyl halides is 3. The number of nitrogens with zero attached hydrogens (tertiary/aromatic N) is 4. The van der Waals surface area contributed by atoms with Crippen molar-refractivity contribution in [1.29, 1.82) is 0 Å². The molecule has 1 aliphatic rings. The average molecular weight is 351 g/mol. The summed E-state index contributed by atoms with van der Waals surface area (Å²) in [5, 5.41) is 2.69. The van der Waals surface area contributed by atoms with Gasteiger partial charge in [-0.05, 0) is 25.0 Å². The second-order valence-corrected chi connectivity index (χ2v) is 5.64. The smallest absolute Gasteiger partial charge is 0.361 e. The van der Waals surface area contributed by atoms with E-state index >= 15 is 0 Å². The first kappa shape index (κ1) is 17.1. The van der Waals surface area contributed by atoms with Crippen molar-refractivity contribution in [2.45, 2.75) is 19.0 Å². The molecule has 9 heteroatoms. The summed E-state index contributed by atoms with van der Waals surface area (Å²) in [6.07, 6.45) is 0.180. The maximum Gasteiger partial charge on any atom is 0.433 e. The number of halogens is 3. The fourth-order valence-electron chi connectivity index (χ4n) is 2.56. The Labute approximate surface area is 142 Å². The van der Waals surface area contributed by atoms with Crippen molar-refractivity contribution in [3.8, 4) is 11.4 Å². The van der Waals surface area contributed by atoms with Crippen LogP contribution in [-0.2, 0) is 11.0 Å². The molecule has 0 unspecified atom stereocenters. The molecule has 1 N–H and O–H groups in total. The minimum atomic E-state index is -4.61. The quantitative estimate of drug-likeness (QED) is 0.917. The fourth-order valence-corrected chi connectivity index (χ4v) is 2.56. The maximum absolute atomic E-state index is 13.1. The molecule has 1 saturated heterocycles. The van der Waals surface area contributed by atoms with Gasteiger partial charge in [0.25, 0.3) is 0 Å². The van der Waals surface area contributed by atoms with Crippen molar-refractivity contribution in [3.05, 3.63) is 36.3 Å². The van der Waals surface area contributed by atoms with Gasteiger partial charge in [-0.1, -0.05) is 0 Å². The van der Waals surface area contributed by atoms with Crippen LogP contribution in [0, 0.1) is 0 Å².